The van der Waals surface area contributed by atoms with Crippen molar-refractivity contribution in [3.63, 3.8) is 0 Å². The predicted octanol–water partition coefficient (Wildman–Crippen LogP) is 3.75. The van der Waals surface area contributed by atoms with Crippen LogP contribution in [-0.2, 0) is 6.54 Å². The van der Waals surface area contributed by atoms with Gasteiger partial charge in [0.25, 0.3) is 5.91 Å². The molecule has 0 spiro atoms. The average molecular weight is 375 g/mol. The van der Waals surface area contributed by atoms with Crippen molar-refractivity contribution in [1.82, 2.24) is 20.1 Å². The molecule has 4 rings (SSSR count). The highest BCUT2D eigenvalue weighted by Crippen LogP contribution is 2.31. The molecule has 1 amide bonds. The van der Waals surface area contributed by atoms with Gasteiger partial charge in [0.15, 0.2) is 0 Å². The van der Waals surface area contributed by atoms with E-state index in [0.717, 1.165) is 49.6 Å². The topological polar surface area (TPSA) is 73.9 Å². The van der Waals surface area contributed by atoms with Crippen LogP contribution in [0.1, 0.15) is 46.1 Å². The summed E-state index contributed by atoms with van der Waals surface area (Å²) >= 11 is 0. The van der Waals surface area contributed by atoms with Gasteiger partial charge >= 0.3 is 0 Å². The minimum absolute atomic E-state index is 0.108. The maximum atomic E-state index is 12.5. The van der Waals surface area contributed by atoms with Gasteiger partial charge in [0.2, 0.25) is 0 Å². The van der Waals surface area contributed by atoms with Crippen LogP contribution in [0, 0.1) is 6.92 Å². The second-order valence-corrected chi connectivity index (χ2v) is 7.40. The van der Waals surface area contributed by atoms with E-state index in [-0.39, 0.29) is 5.91 Å². The van der Waals surface area contributed by atoms with Crippen molar-refractivity contribution in [3.05, 3.63) is 77.4 Å². The largest absolute Gasteiger partial charge is 0.319 e. The van der Waals surface area contributed by atoms with Crippen molar-refractivity contribution in [2.24, 2.45) is 0 Å². The number of rotatable bonds is 5. The van der Waals surface area contributed by atoms with E-state index in [0.29, 0.717) is 11.5 Å². The van der Waals surface area contributed by atoms with Crippen LogP contribution in [0.5, 0.6) is 0 Å². The summed E-state index contributed by atoms with van der Waals surface area (Å²) in [5.41, 5.74) is 4.77. The van der Waals surface area contributed by atoms with Crippen molar-refractivity contribution in [1.29, 1.82) is 0 Å². The average Bonchev–Trinajstić information content (AvgIpc) is 3.17. The fourth-order valence-corrected chi connectivity index (χ4v) is 3.89. The third-order valence-corrected chi connectivity index (χ3v) is 5.23. The lowest BCUT2D eigenvalue weighted by atomic mass is 9.93. The number of hydrogen-bond donors (Lipinski definition) is 2. The minimum atomic E-state index is -0.108. The SMILES string of the molecule is Cc1cc(CN2CCCC(c3[nH]ncc3NC(=O)c3ccccc3)C2)ccn1. The molecule has 1 atom stereocenters. The van der Waals surface area contributed by atoms with E-state index in [4.69, 9.17) is 0 Å². The minimum Gasteiger partial charge on any atom is -0.319 e. The Hall–Kier alpha value is -2.99. The van der Waals surface area contributed by atoms with Gasteiger partial charge in [0.1, 0.15) is 0 Å². The summed E-state index contributed by atoms with van der Waals surface area (Å²) in [5.74, 6) is 0.216. The van der Waals surface area contributed by atoms with Gasteiger partial charge in [-0.3, -0.25) is 19.8 Å². The number of aryl methyl sites for hydroxylation is 1. The summed E-state index contributed by atoms with van der Waals surface area (Å²) in [6, 6.07) is 13.5. The van der Waals surface area contributed by atoms with Crippen LogP contribution >= 0.6 is 0 Å². The van der Waals surface area contributed by atoms with Crippen LogP contribution in [-0.4, -0.2) is 39.1 Å². The second-order valence-electron chi connectivity index (χ2n) is 7.40. The lowest BCUT2D eigenvalue weighted by molar-refractivity contribution is 0.102. The second kappa shape index (κ2) is 8.35. The summed E-state index contributed by atoms with van der Waals surface area (Å²) in [5, 5.41) is 10.3. The number of carbonyl (C=O) groups is 1. The maximum absolute atomic E-state index is 12.5. The number of aromatic nitrogens is 3. The Morgan fingerprint density at radius 2 is 2.14 bits per heavy atom. The maximum Gasteiger partial charge on any atom is 0.255 e. The van der Waals surface area contributed by atoms with Crippen molar-refractivity contribution >= 4 is 11.6 Å². The van der Waals surface area contributed by atoms with Gasteiger partial charge in [-0.15, -0.1) is 0 Å². The Bertz CT molecular complexity index is 937. The Kier molecular flexibility index (Phi) is 5.48. The Labute approximate surface area is 165 Å². The molecule has 28 heavy (non-hydrogen) atoms. The molecule has 1 saturated heterocycles. The number of likely N-dealkylation sites (tertiary alicyclic amines) is 1. The van der Waals surface area contributed by atoms with Crippen LogP contribution in [0.15, 0.2) is 54.9 Å². The molecule has 2 aromatic heterocycles. The van der Waals surface area contributed by atoms with Gasteiger partial charge in [-0.1, -0.05) is 18.2 Å². The van der Waals surface area contributed by atoms with Gasteiger partial charge in [-0.25, -0.2) is 0 Å². The highest BCUT2D eigenvalue weighted by molar-refractivity contribution is 6.04. The monoisotopic (exact) mass is 375 g/mol. The summed E-state index contributed by atoms with van der Waals surface area (Å²) in [6.07, 6.45) is 5.79. The van der Waals surface area contributed by atoms with Crippen molar-refractivity contribution in [2.75, 3.05) is 18.4 Å². The lowest BCUT2D eigenvalue weighted by Crippen LogP contribution is -2.34. The lowest BCUT2D eigenvalue weighted by Gasteiger charge is -2.32. The fraction of sp³-hybridized carbons (Fsp3) is 0.318. The van der Waals surface area contributed by atoms with Gasteiger partial charge in [-0.2, -0.15) is 5.10 Å². The zero-order chi connectivity index (χ0) is 19.3. The normalized spacial score (nSPS) is 17.4. The number of aromatic amines is 1. The first-order chi connectivity index (χ1) is 13.7. The molecule has 1 fully saturated rings. The highest BCUT2D eigenvalue weighted by Gasteiger charge is 2.25. The zero-order valence-corrected chi connectivity index (χ0v) is 16.1. The number of amides is 1. The first-order valence-corrected chi connectivity index (χ1v) is 9.72. The van der Waals surface area contributed by atoms with E-state index in [2.05, 4.69) is 37.5 Å². The molecule has 0 bridgehead atoms. The number of carbonyl (C=O) groups excluding carboxylic acids is 1. The van der Waals surface area contributed by atoms with E-state index in [9.17, 15) is 4.79 Å². The van der Waals surface area contributed by atoms with Crippen molar-refractivity contribution in [3.8, 4) is 0 Å². The van der Waals surface area contributed by atoms with E-state index in [1.807, 2.05) is 43.5 Å². The molecular weight excluding hydrogens is 350 g/mol. The number of benzene rings is 1. The molecule has 2 N–H and O–H groups in total. The molecule has 1 aliphatic rings. The first kappa shape index (κ1) is 18.4. The van der Waals surface area contributed by atoms with E-state index >= 15 is 0 Å². The molecular formula is C22H25N5O. The standard InChI is InChI=1S/C22H25N5O/c1-16-12-17(9-10-23-16)14-27-11-5-8-19(15-27)21-20(13-24-26-21)25-22(28)18-6-3-2-4-7-18/h2-4,6-7,9-10,12-13,19H,5,8,11,14-15H2,1H3,(H,24,26)(H,25,28). The highest BCUT2D eigenvalue weighted by atomic mass is 16.1. The Morgan fingerprint density at radius 3 is 2.96 bits per heavy atom. The smallest absolute Gasteiger partial charge is 0.255 e. The third kappa shape index (κ3) is 4.28. The quantitative estimate of drug-likeness (QED) is 0.712. The van der Waals surface area contributed by atoms with E-state index in [1.54, 1.807) is 6.20 Å². The molecule has 3 aromatic rings. The zero-order valence-electron chi connectivity index (χ0n) is 16.1. The van der Waals surface area contributed by atoms with E-state index in [1.165, 1.54) is 5.56 Å². The van der Waals surface area contributed by atoms with Crippen molar-refractivity contribution in [2.45, 2.75) is 32.2 Å². The number of anilines is 1. The summed E-state index contributed by atoms with van der Waals surface area (Å²) < 4.78 is 0. The molecule has 144 valence electrons. The fourth-order valence-electron chi connectivity index (χ4n) is 3.89. The van der Waals surface area contributed by atoms with Crippen LogP contribution < -0.4 is 5.32 Å². The number of H-pyrrole nitrogens is 1. The Balaban J connectivity index is 1.44. The molecule has 1 aliphatic heterocycles. The number of pyridine rings is 1. The van der Waals surface area contributed by atoms with Crippen LogP contribution in [0.2, 0.25) is 0 Å². The van der Waals surface area contributed by atoms with E-state index < -0.39 is 0 Å². The molecule has 0 aliphatic carbocycles. The number of nitrogens with one attached hydrogen (secondary N) is 2. The molecule has 6 heteroatoms. The van der Waals surface area contributed by atoms with Crippen molar-refractivity contribution < 1.29 is 4.79 Å². The van der Waals surface area contributed by atoms with Crippen LogP contribution in [0.4, 0.5) is 5.69 Å². The summed E-state index contributed by atoms with van der Waals surface area (Å²) in [7, 11) is 0. The summed E-state index contributed by atoms with van der Waals surface area (Å²) in [6.45, 7) is 4.96. The number of hydrogen-bond acceptors (Lipinski definition) is 4. The molecule has 1 unspecified atom stereocenters. The molecule has 1 aromatic carbocycles. The predicted molar refractivity (Wildman–Crippen MR) is 109 cm³/mol. The number of nitrogens with zero attached hydrogens (tertiary/aromatic N) is 3. The molecule has 3 heterocycles. The van der Waals surface area contributed by atoms with Gasteiger partial charge in [0.05, 0.1) is 17.6 Å². The number of piperidine rings is 1. The van der Waals surface area contributed by atoms with Gasteiger partial charge < -0.3 is 5.32 Å². The summed E-state index contributed by atoms with van der Waals surface area (Å²) in [4.78, 5) is 19.3. The first-order valence-electron chi connectivity index (χ1n) is 9.72. The molecule has 6 nitrogen and oxygen atoms in total. The van der Waals surface area contributed by atoms with Crippen LogP contribution in [0.25, 0.3) is 0 Å². The van der Waals surface area contributed by atoms with Gasteiger partial charge in [-0.05, 0) is 56.1 Å². The Morgan fingerprint density at radius 1 is 1.29 bits per heavy atom. The van der Waals surface area contributed by atoms with Gasteiger partial charge in [0, 0.05) is 36.5 Å². The molecule has 0 saturated carbocycles. The third-order valence-electron chi connectivity index (χ3n) is 5.23. The molecule has 0 radical (unpaired) electrons. The van der Waals surface area contributed by atoms with Crippen LogP contribution in [0.3, 0.4) is 0 Å².